The maximum absolute atomic E-state index is 13.3. The number of aromatic nitrogens is 3. The molecule has 0 aliphatic carbocycles. The Morgan fingerprint density at radius 2 is 1.84 bits per heavy atom. The highest BCUT2D eigenvalue weighted by Crippen LogP contribution is 2.38. The van der Waals surface area contributed by atoms with Crippen LogP contribution in [0.2, 0.25) is 0 Å². The second kappa shape index (κ2) is 10.7. The van der Waals surface area contributed by atoms with E-state index in [1.54, 1.807) is 23.5 Å². The van der Waals surface area contributed by atoms with Gasteiger partial charge in [0.15, 0.2) is 0 Å². The van der Waals surface area contributed by atoms with Crippen molar-refractivity contribution in [3.63, 3.8) is 0 Å². The van der Waals surface area contributed by atoms with Crippen LogP contribution < -0.4 is 5.32 Å². The highest BCUT2D eigenvalue weighted by Gasteiger charge is 2.39. The van der Waals surface area contributed by atoms with E-state index in [0.717, 1.165) is 21.8 Å². The van der Waals surface area contributed by atoms with Crippen molar-refractivity contribution in [3.8, 4) is 22.6 Å². The average molecular weight is 543 g/mol. The Balaban J connectivity index is 1.38. The summed E-state index contributed by atoms with van der Waals surface area (Å²) in [6.45, 7) is 3.36. The quantitative estimate of drug-likeness (QED) is 0.312. The lowest BCUT2D eigenvalue weighted by atomic mass is 9.80. The van der Waals surface area contributed by atoms with E-state index in [0.29, 0.717) is 44.6 Å². The number of carbonyl (C=O) groups is 1. The van der Waals surface area contributed by atoms with E-state index < -0.39 is 12.1 Å². The van der Waals surface area contributed by atoms with E-state index in [-0.39, 0.29) is 22.7 Å². The number of nitrogens with zero attached hydrogens (tertiary/aromatic N) is 3. The van der Waals surface area contributed by atoms with Crippen molar-refractivity contribution >= 4 is 17.2 Å². The van der Waals surface area contributed by atoms with Crippen LogP contribution in [0.5, 0.6) is 0 Å². The Morgan fingerprint density at radius 1 is 1.08 bits per heavy atom. The fourth-order valence-corrected chi connectivity index (χ4v) is 5.54. The molecule has 38 heavy (non-hydrogen) atoms. The van der Waals surface area contributed by atoms with Gasteiger partial charge in [-0.05, 0) is 43.0 Å². The fourth-order valence-electron chi connectivity index (χ4n) is 4.45. The van der Waals surface area contributed by atoms with Gasteiger partial charge in [0.25, 0.3) is 5.91 Å². The van der Waals surface area contributed by atoms with Crippen molar-refractivity contribution in [2.45, 2.75) is 37.8 Å². The molecule has 3 heterocycles. The van der Waals surface area contributed by atoms with E-state index in [9.17, 15) is 18.0 Å². The monoisotopic (exact) mass is 542 g/mol. The number of hydrogen-bond acceptors (Lipinski definition) is 7. The van der Waals surface area contributed by atoms with Crippen molar-refractivity contribution in [2.75, 3.05) is 19.8 Å². The first-order valence-electron chi connectivity index (χ1n) is 12.2. The third-order valence-corrected chi connectivity index (χ3v) is 7.74. The number of aryl methyl sites for hydroxylation is 1. The Bertz CT molecular complexity index is 1410. The normalized spacial score (nSPS) is 15.4. The Labute approximate surface area is 221 Å². The first kappa shape index (κ1) is 26.1. The molecule has 1 fully saturated rings. The molecule has 1 aliphatic heterocycles. The fraction of sp³-hybridized carbons (Fsp3) is 0.333. The van der Waals surface area contributed by atoms with Gasteiger partial charge in [-0.25, -0.2) is 4.98 Å². The van der Waals surface area contributed by atoms with E-state index in [1.165, 1.54) is 6.07 Å². The van der Waals surface area contributed by atoms with Gasteiger partial charge in [0.05, 0.1) is 5.69 Å². The zero-order valence-electron chi connectivity index (χ0n) is 20.5. The molecule has 0 radical (unpaired) electrons. The van der Waals surface area contributed by atoms with Crippen LogP contribution >= 0.6 is 11.3 Å². The highest BCUT2D eigenvalue weighted by molar-refractivity contribution is 7.10. The number of alkyl halides is 3. The van der Waals surface area contributed by atoms with E-state index >= 15 is 0 Å². The molecule has 198 valence electrons. The number of amides is 1. The zero-order valence-corrected chi connectivity index (χ0v) is 21.4. The molecule has 1 amide bonds. The maximum Gasteiger partial charge on any atom is 0.471 e. The van der Waals surface area contributed by atoms with Crippen molar-refractivity contribution in [1.29, 1.82) is 0 Å². The largest absolute Gasteiger partial charge is 0.471 e. The molecule has 0 spiro atoms. The highest BCUT2D eigenvalue weighted by atomic mass is 32.1. The first-order valence-corrected chi connectivity index (χ1v) is 13.1. The lowest BCUT2D eigenvalue weighted by molar-refractivity contribution is -0.159. The summed E-state index contributed by atoms with van der Waals surface area (Å²) < 4.78 is 48.8. The Hall–Kier alpha value is -3.57. The minimum Gasteiger partial charge on any atom is -0.381 e. The molecule has 1 aliphatic rings. The number of ether oxygens (including phenoxy) is 1. The maximum atomic E-state index is 13.3. The van der Waals surface area contributed by atoms with Crippen LogP contribution in [0.1, 0.15) is 46.6 Å². The third kappa shape index (κ3) is 5.48. The minimum atomic E-state index is -4.75. The second-order valence-electron chi connectivity index (χ2n) is 9.17. The smallest absolute Gasteiger partial charge is 0.381 e. The molecule has 0 bridgehead atoms. The molecule has 1 N–H and O–H groups in total. The van der Waals surface area contributed by atoms with Crippen molar-refractivity contribution in [3.05, 3.63) is 75.9 Å². The molecular formula is C27H25F3N4O3S. The Morgan fingerprint density at radius 3 is 2.53 bits per heavy atom. The van der Waals surface area contributed by atoms with E-state index in [2.05, 4.69) is 20.0 Å². The molecular weight excluding hydrogens is 517 g/mol. The molecule has 0 unspecified atom stereocenters. The van der Waals surface area contributed by atoms with Gasteiger partial charge in [-0.15, -0.1) is 11.3 Å². The zero-order chi connectivity index (χ0) is 26.8. The van der Waals surface area contributed by atoms with Crippen LogP contribution in [0, 0.1) is 0 Å². The molecule has 11 heteroatoms. The Kier molecular flexibility index (Phi) is 7.31. The van der Waals surface area contributed by atoms with Gasteiger partial charge in [-0.2, -0.15) is 18.2 Å². The van der Waals surface area contributed by atoms with E-state index in [1.807, 2.05) is 42.6 Å². The molecule has 2 aromatic heterocycles. The lowest BCUT2D eigenvalue weighted by Crippen LogP contribution is -2.44. The summed E-state index contributed by atoms with van der Waals surface area (Å²) in [5, 5.41) is 9.48. The summed E-state index contributed by atoms with van der Waals surface area (Å²) in [4.78, 5) is 21.7. The van der Waals surface area contributed by atoms with Crippen LogP contribution in [-0.2, 0) is 22.7 Å². The number of carbonyl (C=O) groups excluding carboxylic acids is 1. The summed E-state index contributed by atoms with van der Waals surface area (Å²) in [5.41, 5.74) is 2.89. The number of rotatable bonds is 7. The van der Waals surface area contributed by atoms with Crippen LogP contribution in [0.4, 0.5) is 13.2 Å². The standard InChI is InChI=1S/C27H25F3N4O3S/c1-2-17-12-19(22-33-24(37-34-22)27(28,29)30)14-20(13-17)23(35)31-16-26(8-10-36-11-9-26)25-32-21(15-38-25)18-6-4-3-5-7-18/h3-7,12-15H,2,8-11,16H2,1H3,(H,31,35). The van der Waals surface area contributed by atoms with Gasteiger partial charge in [0.2, 0.25) is 5.82 Å². The topological polar surface area (TPSA) is 90.1 Å². The van der Waals surface area contributed by atoms with Crippen LogP contribution in [-0.4, -0.2) is 40.8 Å². The third-order valence-electron chi connectivity index (χ3n) is 6.65. The lowest BCUT2D eigenvalue weighted by Gasteiger charge is -2.35. The van der Waals surface area contributed by atoms with Crippen molar-refractivity contribution < 1.29 is 27.2 Å². The summed E-state index contributed by atoms with van der Waals surface area (Å²) >= 11 is 1.57. The van der Waals surface area contributed by atoms with Crippen LogP contribution in [0.25, 0.3) is 22.6 Å². The van der Waals surface area contributed by atoms with Crippen molar-refractivity contribution in [1.82, 2.24) is 20.4 Å². The van der Waals surface area contributed by atoms with Gasteiger partial charge >= 0.3 is 12.1 Å². The molecule has 7 nitrogen and oxygen atoms in total. The van der Waals surface area contributed by atoms with Gasteiger partial charge in [0, 0.05) is 47.2 Å². The molecule has 2 aromatic carbocycles. The number of thiazole rings is 1. The molecule has 0 atom stereocenters. The van der Waals surface area contributed by atoms with E-state index in [4.69, 9.17) is 9.72 Å². The predicted molar refractivity (Wildman–Crippen MR) is 136 cm³/mol. The number of halogens is 3. The second-order valence-corrected chi connectivity index (χ2v) is 10.0. The van der Waals surface area contributed by atoms with Crippen molar-refractivity contribution in [2.24, 2.45) is 0 Å². The molecule has 1 saturated heterocycles. The number of hydrogen-bond donors (Lipinski definition) is 1. The predicted octanol–water partition coefficient (Wildman–Crippen LogP) is 5.92. The minimum absolute atomic E-state index is 0.223. The number of nitrogens with one attached hydrogen (secondary N) is 1. The summed E-state index contributed by atoms with van der Waals surface area (Å²) in [7, 11) is 0. The molecule has 5 rings (SSSR count). The summed E-state index contributed by atoms with van der Waals surface area (Å²) in [6, 6.07) is 14.8. The summed E-state index contributed by atoms with van der Waals surface area (Å²) in [5.74, 6) is -1.99. The average Bonchev–Trinajstić information content (AvgIpc) is 3.64. The van der Waals surface area contributed by atoms with Gasteiger partial charge < -0.3 is 14.6 Å². The molecule has 4 aromatic rings. The van der Waals surface area contributed by atoms with Gasteiger partial charge in [-0.3, -0.25) is 4.79 Å². The number of benzene rings is 2. The van der Waals surface area contributed by atoms with Crippen LogP contribution in [0.3, 0.4) is 0 Å². The SMILES string of the molecule is CCc1cc(C(=O)NCC2(c3nc(-c4ccccc4)cs3)CCOCC2)cc(-c2noc(C(F)(F)F)n2)c1. The summed E-state index contributed by atoms with van der Waals surface area (Å²) in [6.07, 6.45) is -2.76. The van der Waals surface area contributed by atoms with Gasteiger partial charge in [0.1, 0.15) is 5.01 Å². The molecule has 0 saturated carbocycles. The van der Waals surface area contributed by atoms with Crippen LogP contribution in [0.15, 0.2) is 58.4 Å². The van der Waals surface area contributed by atoms with Gasteiger partial charge in [-0.1, -0.05) is 42.4 Å². The first-order chi connectivity index (χ1) is 18.3.